The van der Waals surface area contributed by atoms with Gasteiger partial charge in [0.2, 0.25) is 0 Å². The number of aromatic nitrogens is 2. The highest BCUT2D eigenvalue weighted by Gasteiger charge is 2.37. The minimum Gasteiger partial charge on any atom is -0.337 e. The molecule has 1 aromatic carbocycles. The summed E-state index contributed by atoms with van der Waals surface area (Å²) in [5.74, 6) is 1.32. The molecule has 1 aromatic heterocycles. The zero-order chi connectivity index (χ0) is 17.4. The zero-order valence-electron chi connectivity index (χ0n) is 15.3. The van der Waals surface area contributed by atoms with Crippen LogP contribution in [0.4, 0.5) is 0 Å². The third-order valence-electron chi connectivity index (χ3n) is 4.92. The number of rotatable bonds is 9. The van der Waals surface area contributed by atoms with Crippen molar-refractivity contribution in [3.05, 3.63) is 54.6 Å². The van der Waals surface area contributed by atoms with Crippen LogP contribution in [0, 0.1) is 0 Å². The van der Waals surface area contributed by atoms with E-state index < -0.39 is 0 Å². The molecule has 1 aliphatic rings. The molecule has 3 rings (SSSR count). The van der Waals surface area contributed by atoms with E-state index in [4.69, 9.17) is 0 Å². The first-order valence-electron chi connectivity index (χ1n) is 9.61. The number of imidazole rings is 1. The van der Waals surface area contributed by atoms with Gasteiger partial charge in [0.05, 0.1) is 10.4 Å². The van der Waals surface area contributed by atoms with Crippen molar-refractivity contribution in [3.63, 3.8) is 0 Å². The van der Waals surface area contributed by atoms with Crippen molar-refractivity contribution in [1.29, 1.82) is 0 Å². The molecule has 2 unspecified atom stereocenters. The van der Waals surface area contributed by atoms with Crippen LogP contribution in [0.1, 0.15) is 51.0 Å². The fraction of sp³-hybridized carbons (Fsp3) is 0.571. The lowest BCUT2D eigenvalue weighted by Gasteiger charge is -2.40. The monoisotopic (exact) mass is 374 g/mol. The number of aryl methyl sites for hydroxylation is 1. The van der Waals surface area contributed by atoms with Gasteiger partial charge in [0.15, 0.2) is 0 Å². The molecule has 1 saturated heterocycles. The molecule has 2 aromatic rings. The van der Waals surface area contributed by atoms with Crippen LogP contribution < -0.4 is 0 Å². The van der Waals surface area contributed by atoms with Crippen LogP contribution in [0.5, 0.6) is 0 Å². The summed E-state index contributed by atoms with van der Waals surface area (Å²) in [6, 6.07) is 11.1. The largest absolute Gasteiger partial charge is 0.337 e. The van der Waals surface area contributed by atoms with Gasteiger partial charge in [-0.05, 0) is 43.4 Å². The molecular formula is C21H30N2S2. The Morgan fingerprint density at radius 3 is 2.88 bits per heavy atom. The molecule has 2 nitrogen and oxygen atoms in total. The number of benzene rings is 1. The van der Waals surface area contributed by atoms with E-state index in [1.54, 1.807) is 0 Å². The van der Waals surface area contributed by atoms with Crippen LogP contribution in [0.3, 0.4) is 0 Å². The SMILES string of the molecule is CCCCC1CCSC(CCCn2ccnc2)(Cc2ccccc2)S1. The third kappa shape index (κ3) is 5.82. The molecule has 2 heterocycles. The minimum absolute atomic E-state index is 0.346. The van der Waals surface area contributed by atoms with Crippen molar-refractivity contribution in [3.8, 4) is 0 Å². The lowest BCUT2D eigenvalue weighted by atomic mass is 10.1. The summed E-state index contributed by atoms with van der Waals surface area (Å²) in [4.78, 5) is 4.17. The summed E-state index contributed by atoms with van der Waals surface area (Å²) in [5.41, 5.74) is 1.49. The zero-order valence-corrected chi connectivity index (χ0v) is 16.9. The summed E-state index contributed by atoms with van der Waals surface area (Å²) < 4.78 is 2.56. The van der Waals surface area contributed by atoms with E-state index in [-0.39, 0.29) is 0 Å². The maximum atomic E-state index is 4.17. The van der Waals surface area contributed by atoms with Crippen molar-refractivity contribution < 1.29 is 0 Å². The molecule has 1 fully saturated rings. The van der Waals surface area contributed by atoms with Crippen LogP contribution in [0.25, 0.3) is 0 Å². The summed E-state index contributed by atoms with van der Waals surface area (Å²) in [6.07, 6.45) is 15.1. The molecule has 0 bridgehead atoms. The van der Waals surface area contributed by atoms with Gasteiger partial charge < -0.3 is 4.57 Å². The Labute approximate surface area is 161 Å². The van der Waals surface area contributed by atoms with Gasteiger partial charge in [-0.3, -0.25) is 0 Å². The Hall–Kier alpha value is -0.870. The molecular weight excluding hydrogens is 344 g/mol. The van der Waals surface area contributed by atoms with Crippen LogP contribution in [0.15, 0.2) is 49.1 Å². The maximum Gasteiger partial charge on any atom is 0.0945 e. The van der Waals surface area contributed by atoms with Crippen molar-refractivity contribution >= 4 is 23.5 Å². The second kappa shape index (κ2) is 9.72. The van der Waals surface area contributed by atoms with Gasteiger partial charge >= 0.3 is 0 Å². The van der Waals surface area contributed by atoms with Crippen LogP contribution in [-0.4, -0.2) is 24.6 Å². The number of hydrogen-bond donors (Lipinski definition) is 0. The number of thioether (sulfide) groups is 2. The Morgan fingerprint density at radius 2 is 2.12 bits per heavy atom. The Kier molecular flexibility index (Phi) is 7.35. The minimum atomic E-state index is 0.346. The fourth-order valence-corrected chi connectivity index (χ4v) is 7.63. The smallest absolute Gasteiger partial charge is 0.0945 e. The molecule has 25 heavy (non-hydrogen) atoms. The molecule has 0 N–H and O–H groups in total. The van der Waals surface area contributed by atoms with Gasteiger partial charge in [0.25, 0.3) is 0 Å². The van der Waals surface area contributed by atoms with Crippen LogP contribution >= 0.6 is 23.5 Å². The second-order valence-corrected chi connectivity index (χ2v) is 10.4. The standard InChI is InChI=1S/C21H30N2S2/c1-2-3-10-20-11-16-24-21(25-20,17-19-8-5-4-6-9-19)12-7-14-23-15-13-22-18-23/h4-6,8-9,13,15,18,20H,2-3,7,10-12,14,16-17H2,1H3. The van der Waals surface area contributed by atoms with Gasteiger partial charge in [0, 0.05) is 24.2 Å². The van der Waals surface area contributed by atoms with Crippen molar-refractivity contribution in [2.24, 2.45) is 0 Å². The number of hydrogen-bond acceptors (Lipinski definition) is 3. The predicted octanol–water partition coefficient (Wildman–Crippen LogP) is 6.03. The molecule has 0 aliphatic carbocycles. The number of nitrogens with zero attached hydrogens (tertiary/aromatic N) is 2. The van der Waals surface area contributed by atoms with E-state index in [0.717, 1.165) is 11.8 Å². The molecule has 0 saturated carbocycles. The highest BCUT2D eigenvalue weighted by atomic mass is 32.2. The summed E-state index contributed by atoms with van der Waals surface area (Å²) >= 11 is 4.51. The highest BCUT2D eigenvalue weighted by Crippen LogP contribution is 2.51. The normalized spacial score (nSPS) is 23.6. The average Bonchev–Trinajstić information content (AvgIpc) is 3.14. The van der Waals surface area contributed by atoms with Crippen molar-refractivity contribution in [1.82, 2.24) is 9.55 Å². The van der Waals surface area contributed by atoms with Crippen LogP contribution in [-0.2, 0) is 13.0 Å². The van der Waals surface area contributed by atoms with E-state index in [2.05, 4.69) is 76.5 Å². The summed E-state index contributed by atoms with van der Waals surface area (Å²) in [6.45, 7) is 3.39. The maximum absolute atomic E-state index is 4.17. The highest BCUT2D eigenvalue weighted by molar-refractivity contribution is 8.19. The van der Waals surface area contributed by atoms with E-state index in [9.17, 15) is 0 Å². The average molecular weight is 375 g/mol. The first-order valence-corrected chi connectivity index (χ1v) is 11.5. The van der Waals surface area contributed by atoms with Gasteiger partial charge in [-0.15, -0.1) is 23.5 Å². The molecule has 2 atom stereocenters. The lowest BCUT2D eigenvalue weighted by molar-refractivity contribution is 0.567. The van der Waals surface area contributed by atoms with Crippen molar-refractivity contribution in [2.75, 3.05) is 5.75 Å². The second-order valence-electron chi connectivity index (χ2n) is 7.00. The Balaban J connectivity index is 1.66. The van der Waals surface area contributed by atoms with Gasteiger partial charge in [-0.25, -0.2) is 4.98 Å². The quantitative estimate of drug-likeness (QED) is 0.533. The Bertz CT molecular complexity index is 600. The number of unbranched alkanes of at least 4 members (excludes halogenated alkanes) is 1. The molecule has 1 aliphatic heterocycles. The van der Waals surface area contributed by atoms with E-state index in [0.29, 0.717) is 4.08 Å². The van der Waals surface area contributed by atoms with Gasteiger partial charge in [0.1, 0.15) is 0 Å². The first-order chi connectivity index (χ1) is 12.3. The van der Waals surface area contributed by atoms with Crippen LogP contribution in [0.2, 0.25) is 0 Å². The fourth-order valence-electron chi connectivity index (χ4n) is 3.58. The van der Waals surface area contributed by atoms with E-state index in [1.165, 1.54) is 56.3 Å². The lowest BCUT2D eigenvalue weighted by Crippen LogP contribution is -2.32. The predicted molar refractivity (Wildman–Crippen MR) is 112 cm³/mol. The molecule has 0 radical (unpaired) electrons. The molecule has 0 spiro atoms. The van der Waals surface area contributed by atoms with Crippen molar-refractivity contribution in [2.45, 2.75) is 67.7 Å². The molecule has 136 valence electrons. The van der Waals surface area contributed by atoms with Gasteiger partial charge in [-0.2, -0.15) is 0 Å². The summed E-state index contributed by atoms with van der Waals surface area (Å²) in [5, 5.41) is 0.846. The molecule has 0 amide bonds. The molecule has 4 heteroatoms. The summed E-state index contributed by atoms with van der Waals surface area (Å²) in [7, 11) is 0. The first kappa shape index (κ1) is 18.9. The topological polar surface area (TPSA) is 17.8 Å². The van der Waals surface area contributed by atoms with E-state index in [1.807, 2.05) is 12.5 Å². The van der Waals surface area contributed by atoms with E-state index >= 15 is 0 Å². The Morgan fingerprint density at radius 1 is 1.24 bits per heavy atom. The third-order valence-corrected chi connectivity index (χ3v) is 8.45. The van der Waals surface area contributed by atoms with Gasteiger partial charge in [-0.1, -0.05) is 50.1 Å².